The molecular weight excluding hydrogens is 341 g/mol. The number of nitrogens with one attached hydrogen (secondary N) is 1. The van der Waals surface area contributed by atoms with Gasteiger partial charge in [-0.05, 0) is 42.5 Å². The molecule has 0 aliphatic heterocycles. The van der Waals surface area contributed by atoms with E-state index in [9.17, 15) is 9.18 Å². The van der Waals surface area contributed by atoms with Gasteiger partial charge in [0.25, 0.3) is 5.91 Å². The summed E-state index contributed by atoms with van der Waals surface area (Å²) in [6.07, 6.45) is 0. The number of halogens is 1. The Morgan fingerprint density at radius 2 is 2.04 bits per heavy atom. The highest BCUT2D eigenvalue weighted by Gasteiger charge is 2.12. The van der Waals surface area contributed by atoms with Crippen molar-refractivity contribution in [2.45, 2.75) is 0 Å². The van der Waals surface area contributed by atoms with Gasteiger partial charge in [-0.1, -0.05) is 0 Å². The summed E-state index contributed by atoms with van der Waals surface area (Å²) in [5.41, 5.74) is 2.05. The zero-order valence-electron chi connectivity index (χ0n) is 13.1. The van der Waals surface area contributed by atoms with E-state index in [2.05, 4.69) is 10.3 Å². The lowest BCUT2D eigenvalue weighted by molar-refractivity contribution is 0.102. The molecule has 0 fully saturated rings. The Hall–Kier alpha value is -3.24. The lowest BCUT2D eigenvalue weighted by atomic mass is 10.1. The molecule has 0 saturated heterocycles. The summed E-state index contributed by atoms with van der Waals surface area (Å²) in [6.45, 7) is 0. The van der Waals surface area contributed by atoms with E-state index in [4.69, 9.17) is 10.00 Å². The molecule has 2 aromatic carbocycles. The Morgan fingerprint density at radius 3 is 2.68 bits per heavy atom. The predicted octanol–water partition coefficient (Wildman–Crippen LogP) is 4.08. The second-order valence-corrected chi connectivity index (χ2v) is 5.89. The molecule has 1 N–H and O–H groups in total. The highest BCUT2D eigenvalue weighted by atomic mass is 32.1. The van der Waals surface area contributed by atoms with E-state index in [0.717, 1.165) is 0 Å². The van der Waals surface area contributed by atoms with Gasteiger partial charge in [0.1, 0.15) is 0 Å². The van der Waals surface area contributed by atoms with Crippen molar-refractivity contribution in [3.63, 3.8) is 0 Å². The van der Waals surface area contributed by atoms with Crippen molar-refractivity contribution in [3.05, 3.63) is 64.8 Å². The van der Waals surface area contributed by atoms with Crippen molar-refractivity contribution in [1.29, 1.82) is 5.26 Å². The van der Waals surface area contributed by atoms with Crippen LogP contribution >= 0.6 is 11.3 Å². The normalized spacial score (nSPS) is 10.1. The SMILES string of the molecule is COc1ccc(-c2csc(NC(=O)c3ccc(C#N)cc3)n2)cc1F. The molecule has 5 nitrogen and oxygen atoms in total. The molecule has 0 bridgehead atoms. The van der Waals surface area contributed by atoms with Crippen LogP contribution in [0.25, 0.3) is 11.3 Å². The first-order valence-electron chi connectivity index (χ1n) is 7.21. The van der Waals surface area contributed by atoms with Crippen LogP contribution in [0, 0.1) is 17.1 Å². The van der Waals surface area contributed by atoms with E-state index in [1.165, 1.54) is 30.6 Å². The summed E-state index contributed by atoms with van der Waals surface area (Å²) in [4.78, 5) is 16.5. The molecule has 25 heavy (non-hydrogen) atoms. The number of aromatic nitrogens is 1. The van der Waals surface area contributed by atoms with E-state index < -0.39 is 5.82 Å². The minimum absolute atomic E-state index is 0.160. The van der Waals surface area contributed by atoms with Gasteiger partial charge in [0.2, 0.25) is 0 Å². The summed E-state index contributed by atoms with van der Waals surface area (Å²) in [6, 6.07) is 12.8. The van der Waals surface area contributed by atoms with E-state index in [-0.39, 0.29) is 11.7 Å². The van der Waals surface area contributed by atoms with Gasteiger partial charge in [0.15, 0.2) is 16.7 Å². The number of amides is 1. The fourth-order valence-corrected chi connectivity index (χ4v) is 2.87. The van der Waals surface area contributed by atoms with Crippen LogP contribution in [0.4, 0.5) is 9.52 Å². The number of thiazole rings is 1. The van der Waals surface area contributed by atoms with Crippen molar-refractivity contribution in [1.82, 2.24) is 4.98 Å². The topological polar surface area (TPSA) is 75.0 Å². The van der Waals surface area contributed by atoms with Crippen LogP contribution in [0.5, 0.6) is 5.75 Å². The van der Waals surface area contributed by atoms with Gasteiger partial charge in [0.05, 0.1) is 24.4 Å². The Balaban J connectivity index is 1.76. The van der Waals surface area contributed by atoms with Crippen LogP contribution in [-0.4, -0.2) is 18.0 Å². The first kappa shape index (κ1) is 16.6. The second-order valence-electron chi connectivity index (χ2n) is 5.03. The quantitative estimate of drug-likeness (QED) is 0.767. The number of carbonyl (C=O) groups excluding carboxylic acids is 1. The number of nitriles is 1. The van der Waals surface area contributed by atoms with Gasteiger partial charge in [0, 0.05) is 16.5 Å². The van der Waals surface area contributed by atoms with Crippen molar-refractivity contribution in [3.8, 4) is 23.1 Å². The predicted molar refractivity (Wildman–Crippen MR) is 93.2 cm³/mol. The number of benzene rings is 2. The van der Waals surface area contributed by atoms with Crippen molar-refractivity contribution >= 4 is 22.4 Å². The largest absolute Gasteiger partial charge is 0.494 e. The Labute approximate surface area is 147 Å². The maximum atomic E-state index is 13.8. The molecule has 0 aliphatic carbocycles. The van der Waals surface area contributed by atoms with Crippen LogP contribution < -0.4 is 10.1 Å². The minimum Gasteiger partial charge on any atom is -0.494 e. The zero-order chi connectivity index (χ0) is 17.8. The summed E-state index contributed by atoms with van der Waals surface area (Å²) in [7, 11) is 1.40. The first-order chi connectivity index (χ1) is 12.1. The molecule has 3 aromatic rings. The average Bonchev–Trinajstić information content (AvgIpc) is 3.10. The molecule has 1 aromatic heterocycles. The second kappa shape index (κ2) is 7.11. The maximum absolute atomic E-state index is 13.8. The van der Waals surface area contributed by atoms with E-state index in [1.807, 2.05) is 6.07 Å². The maximum Gasteiger partial charge on any atom is 0.257 e. The molecule has 1 amide bonds. The number of hydrogen-bond acceptors (Lipinski definition) is 5. The van der Waals surface area contributed by atoms with Gasteiger partial charge >= 0.3 is 0 Å². The molecule has 1 heterocycles. The first-order valence-corrected chi connectivity index (χ1v) is 8.09. The molecule has 3 rings (SSSR count). The van der Waals surface area contributed by atoms with Crippen LogP contribution in [-0.2, 0) is 0 Å². The molecule has 0 radical (unpaired) electrons. The fraction of sp³-hybridized carbons (Fsp3) is 0.0556. The molecule has 0 aliphatic rings. The third-order valence-corrected chi connectivity index (χ3v) is 4.21. The summed E-state index contributed by atoms with van der Waals surface area (Å²) in [5.74, 6) is -0.643. The van der Waals surface area contributed by atoms with Crippen molar-refractivity contribution in [2.24, 2.45) is 0 Å². The highest BCUT2D eigenvalue weighted by molar-refractivity contribution is 7.14. The lowest BCUT2D eigenvalue weighted by Crippen LogP contribution is -2.11. The Bertz CT molecular complexity index is 961. The van der Waals surface area contributed by atoms with Crippen LogP contribution in [0.1, 0.15) is 15.9 Å². The minimum atomic E-state index is -0.476. The van der Waals surface area contributed by atoms with E-state index in [0.29, 0.717) is 27.5 Å². The molecule has 0 unspecified atom stereocenters. The van der Waals surface area contributed by atoms with E-state index in [1.54, 1.807) is 35.7 Å². The number of nitrogens with zero attached hydrogens (tertiary/aromatic N) is 2. The third kappa shape index (κ3) is 3.65. The number of ether oxygens (including phenoxy) is 1. The number of hydrogen-bond donors (Lipinski definition) is 1. The third-order valence-electron chi connectivity index (χ3n) is 3.45. The molecule has 0 atom stereocenters. The van der Waals surface area contributed by atoms with Crippen LogP contribution in [0.2, 0.25) is 0 Å². The standard InChI is InChI=1S/C18H12FN3O2S/c1-24-16-7-6-13(8-14(16)19)15-10-25-18(21-15)22-17(23)12-4-2-11(9-20)3-5-12/h2-8,10H,1H3,(H,21,22,23). The number of anilines is 1. The number of carbonyl (C=O) groups is 1. The monoisotopic (exact) mass is 353 g/mol. The van der Waals surface area contributed by atoms with Gasteiger partial charge in [-0.3, -0.25) is 10.1 Å². The van der Waals surface area contributed by atoms with Crippen molar-refractivity contribution < 1.29 is 13.9 Å². The fourth-order valence-electron chi connectivity index (χ4n) is 2.15. The smallest absolute Gasteiger partial charge is 0.257 e. The zero-order valence-corrected chi connectivity index (χ0v) is 13.9. The molecule has 124 valence electrons. The summed E-state index contributed by atoms with van der Waals surface area (Å²) >= 11 is 1.24. The molecule has 0 saturated carbocycles. The van der Waals surface area contributed by atoms with Crippen molar-refractivity contribution in [2.75, 3.05) is 12.4 Å². The summed E-state index contributed by atoms with van der Waals surface area (Å²) < 4.78 is 18.7. The van der Waals surface area contributed by atoms with Gasteiger partial charge in [-0.2, -0.15) is 5.26 Å². The molecule has 0 spiro atoms. The lowest BCUT2D eigenvalue weighted by Gasteiger charge is -2.03. The summed E-state index contributed by atoms with van der Waals surface area (Å²) in [5, 5.41) is 13.6. The van der Waals surface area contributed by atoms with Crippen LogP contribution in [0.3, 0.4) is 0 Å². The average molecular weight is 353 g/mol. The number of methoxy groups -OCH3 is 1. The highest BCUT2D eigenvalue weighted by Crippen LogP contribution is 2.28. The number of rotatable bonds is 4. The molecular formula is C18H12FN3O2S. The van der Waals surface area contributed by atoms with Crippen LogP contribution in [0.15, 0.2) is 47.8 Å². The van der Waals surface area contributed by atoms with Gasteiger partial charge in [-0.25, -0.2) is 9.37 Å². The van der Waals surface area contributed by atoms with Gasteiger partial charge < -0.3 is 4.74 Å². The van der Waals surface area contributed by atoms with E-state index >= 15 is 0 Å². The Morgan fingerprint density at radius 1 is 1.28 bits per heavy atom. The molecule has 7 heteroatoms. The van der Waals surface area contributed by atoms with Gasteiger partial charge in [-0.15, -0.1) is 11.3 Å². The Kier molecular flexibility index (Phi) is 4.73.